The van der Waals surface area contributed by atoms with E-state index in [9.17, 15) is 4.79 Å². The predicted octanol–water partition coefficient (Wildman–Crippen LogP) is 6.08. The second kappa shape index (κ2) is 15.8. The molecule has 0 saturated carbocycles. The van der Waals surface area contributed by atoms with Crippen LogP contribution in [0.5, 0.6) is 17.2 Å². The topological polar surface area (TPSA) is 63.2 Å². The van der Waals surface area contributed by atoms with E-state index in [-0.39, 0.29) is 5.97 Å². The number of rotatable bonds is 17. The Morgan fingerprint density at radius 3 is 2.24 bits per heavy atom. The maximum Gasteiger partial charge on any atom is 0.330 e. The molecule has 0 saturated heterocycles. The van der Waals surface area contributed by atoms with Crippen LogP contribution in [0.4, 0.5) is 0 Å². The van der Waals surface area contributed by atoms with Crippen LogP contribution in [0.1, 0.15) is 39.5 Å². The molecule has 0 amide bonds. The van der Waals surface area contributed by atoms with Crippen molar-refractivity contribution in [2.24, 2.45) is 5.92 Å². The summed E-state index contributed by atoms with van der Waals surface area (Å²) in [6.07, 6.45) is 5.03. The Balaban J connectivity index is 1.74. The molecule has 6 heteroatoms. The third kappa shape index (κ3) is 10.3. The first-order chi connectivity index (χ1) is 16.5. The number of benzene rings is 2. The van der Waals surface area contributed by atoms with Gasteiger partial charge in [0.15, 0.2) is 11.5 Å². The molecule has 2 aromatic rings. The van der Waals surface area contributed by atoms with Crippen molar-refractivity contribution in [2.75, 3.05) is 40.1 Å². The minimum atomic E-state index is -0.364. The van der Waals surface area contributed by atoms with Gasteiger partial charge in [-0.05, 0) is 67.0 Å². The SMILES string of the molecule is C=CC(=O)OCCCCCCOc1ccc(-c2ccc(OCCOCC(C)C)c(OC)c2)cc1. The summed E-state index contributed by atoms with van der Waals surface area (Å²) in [5.74, 6) is 2.39. The fourth-order valence-electron chi connectivity index (χ4n) is 3.22. The van der Waals surface area contributed by atoms with Crippen molar-refractivity contribution < 1.29 is 28.5 Å². The molecule has 0 aromatic heterocycles. The third-order valence-electron chi connectivity index (χ3n) is 5.01. The molecule has 0 heterocycles. The van der Waals surface area contributed by atoms with Gasteiger partial charge < -0.3 is 23.7 Å². The van der Waals surface area contributed by atoms with Crippen LogP contribution in [0.3, 0.4) is 0 Å². The van der Waals surface area contributed by atoms with Crippen molar-refractivity contribution in [1.29, 1.82) is 0 Å². The highest BCUT2D eigenvalue weighted by Gasteiger charge is 2.08. The Bertz CT molecular complexity index is 860. The van der Waals surface area contributed by atoms with Gasteiger partial charge in [-0.2, -0.15) is 0 Å². The number of ether oxygens (including phenoxy) is 5. The van der Waals surface area contributed by atoms with Gasteiger partial charge >= 0.3 is 5.97 Å². The highest BCUT2D eigenvalue weighted by Crippen LogP contribution is 2.33. The Labute approximate surface area is 203 Å². The summed E-state index contributed by atoms with van der Waals surface area (Å²) in [6, 6.07) is 14.0. The van der Waals surface area contributed by atoms with E-state index < -0.39 is 0 Å². The van der Waals surface area contributed by atoms with Gasteiger partial charge in [0.1, 0.15) is 12.4 Å². The van der Waals surface area contributed by atoms with Gasteiger partial charge in [-0.1, -0.05) is 38.6 Å². The van der Waals surface area contributed by atoms with Crippen LogP contribution in [0.25, 0.3) is 11.1 Å². The van der Waals surface area contributed by atoms with Crippen LogP contribution in [0.15, 0.2) is 55.1 Å². The molecule has 2 rings (SSSR count). The minimum Gasteiger partial charge on any atom is -0.494 e. The lowest BCUT2D eigenvalue weighted by Gasteiger charge is -2.13. The number of unbranched alkanes of at least 4 members (excludes halogenated alkanes) is 3. The normalized spacial score (nSPS) is 10.7. The van der Waals surface area contributed by atoms with Gasteiger partial charge in [0, 0.05) is 12.7 Å². The summed E-state index contributed by atoms with van der Waals surface area (Å²) in [5.41, 5.74) is 2.12. The van der Waals surface area contributed by atoms with Crippen molar-refractivity contribution in [3.05, 3.63) is 55.1 Å². The summed E-state index contributed by atoms with van der Waals surface area (Å²) in [7, 11) is 1.64. The second-order valence-electron chi connectivity index (χ2n) is 8.34. The molecule has 0 aliphatic carbocycles. The average molecular weight is 471 g/mol. The standard InChI is InChI=1S/C28H38O6/c1-5-28(29)34-17-9-7-6-8-16-32-25-13-10-23(11-14-25)24-12-15-26(27(20-24)30-4)33-19-18-31-21-22(2)3/h5,10-15,20,22H,1,6-9,16-19,21H2,2-4H3. The van der Waals surface area contributed by atoms with Crippen LogP contribution < -0.4 is 14.2 Å². The van der Waals surface area contributed by atoms with Crippen molar-refractivity contribution in [2.45, 2.75) is 39.5 Å². The highest BCUT2D eigenvalue weighted by molar-refractivity contribution is 5.81. The zero-order valence-electron chi connectivity index (χ0n) is 20.7. The van der Waals surface area contributed by atoms with Crippen molar-refractivity contribution in [3.63, 3.8) is 0 Å². The summed E-state index contributed by atoms with van der Waals surface area (Å²) in [4.78, 5) is 11.0. The van der Waals surface area contributed by atoms with E-state index in [4.69, 9.17) is 23.7 Å². The smallest absolute Gasteiger partial charge is 0.330 e. The van der Waals surface area contributed by atoms with Gasteiger partial charge in [0.05, 0.1) is 26.9 Å². The van der Waals surface area contributed by atoms with E-state index in [1.54, 1.807) is 7.11 Å². The zero-order chi connectivity index (χ0) is 24.6. The van der Waals surface area contributed by atoms with E-state index in [1.807, 2.05) is 42.5 Å². The molecule has 0 fully saturated rings. The average Bonchev–Trinajstić information content (AvgIpc) is 2.85. The lowest BCUT2D eigenvalue weighted by Crippen LogP contribution is -2.10. The van der Waals surface area contributed by atoms with Crippen molar-refractivity contribution in [3.8, 4) is 28.4 Å². The molecule has 0 bridgehead atoms. The van der Waals surface area contributed by atoms with E-state index in [2.05, 4.69) is 20.4 Å². The van der Waals surface area contributed by atoms with Gasteiger partial charge in [0.25, 0.3) is 0 Å². The maximum atomic E-state index is 11.0. The third-order valence-corrected chi connectivity index (χ3v) is 5.01. The first-order valence-corrected chi connectivity index (χ1v) is 11.9. The first kappa shape index (κ1) is 27.3. The number of esters is 1. The Morgan fingerprint density at radius 2 is 1.56 bits per heavy atom. The molecule has 186 valence electrons. The molecule has 0 aliphatic heterocycles. The van der Waals surface area contributed by atoms with Crippen LogP contribution in [-0.4, -0.2) is 46.1 Å². The Kier molecular flexibility index (Phi) is 12.6. The zero-order valence-corrected chi connectivity index (χ0v) is 20.7. The molecule has 0 unspecified atom stereocenters. The molecule has 0 spiro atoms. The fourth-order valence-corrected chi connectivity index (χ4v) is 3.22. The summed E-state index contributed by atoms with van der Waals surface area (Å²) < 4.78 is 27.7. The summed E-state index contributed by atoms with van der Waals surface area (Å²) in [5, 5.41) is 0. The molecule has 0 N–H and O–H groups in total. The highest BCUT2D eigenvalue weighted by atomic mass is 16.5. The molecule has 0 atom stereocenters. The number of carbonyl (C=O) groups is 1. The van der Waals surface area contributed by atoms with E-state index in [0.29, 0.717) is 43.8 Å². The summed E-state index contributed by atoms with van der Waals surface area (Å²) in [6.45, 7) is 10.5. The van der Waals surface area contributed by atoms with E-state index >= 15 is 0 Å². The first-order valence-electron chi connectivity index (χ1n) is 11.9. The largest absolute Gasteiger partial charge is 0.494 e. The monoisotopic (exact) mass is 470 g/mol. The molecule has 2 aromatic carbocycles. The lowest BCUT2D eigenvalue weighted by molar-refractivity contribution is -0.137. The van der Waals surface area contributed by atoms with Crippen molar-refractivity contribution >= 4 is 5.97 Å². The minimum absolute atomic E-state index is 0.364. The van der Waals surface area contributed by atoms with E-state index in [1.165, 1.54) is 6.08 Å². The molecule has 34 heavy (non-hydrogen) atoms. The number of hydrogen-bond acceptors (Lipinski definition) is 6. The maximum absolute atomic E-state index is 11.0. The number of methoxy groups -OCH3 is 1. The predicted molar refractivity (Wildman–Crippen MR) is 135 cm³/mol. The number of carbonyl (C=O) groups excluding carboxylic acids is 1. The molecule has 0 radical (unpaired) electrons. The Morgan fingerprint density at radius 1 is 0.853 bits per heavy atom. The van der Waals surface area contributed by atoms with Crippen LogP contribution in [0.2, 0.25) is 0 Å². The number of hydrogen-bond donors (Lipinski definition) is 0. The van der Waals surface area contributed by atoms with Crippen LogP contribution >= 0.6 is 0 Å². The lowest BCUT2D eigenvalue weighted by atomic mass is 10.0. The molecular formula is C28H38O6. The second-order valence-corrected chi connectivity index (χ2v) is 8.34. The van der Waals surface area contributed by atoms with Crippen LogP contribution in [-0.2, 0) is 14.3 Å². The van der Waals surface area contributed by atoms with Crippen LogP contribution in [0, 0.1) is 5.92 Å². The Hall–Kier alpha value is -2.99. The van der Waals surface area contributed by atoms with Gasteiger partial charge in [-0.3, -0.25) is 0 Å². The van der Waals surface area contributed by atoms with Gasteiger partial charge in [-0.15, -0.1) is 0 Å². The molecule has 6 nitrogen and oxygen atoms in total. The summed E-state index contributed by atoms with van der Waals surface area (Å²) >= 11 is 0. The fraction of sp³-hybridized carbons (Fsp3) is 0.464. The quantitative estimate of drug-likeness (QED) is 0.159. The van der Waals surface area contributed by atoms with Gasteiger partial charge in [0.2, 0.25) is 0 Å². The van der Waals surface area contributed by atoms with E-state index in [0.717, 1.165) is 49.2 Å². The molecule has 0 aliphatic rings. The van der Waals surface area contributed by atoms with Crippen molar-refractivity contribution in [1.82, 2.24) is 0 Å². The molecular weight excluding hydrogens is 432 g/mol. The van der Waals surface area contributed by atoms with Gasteiger partial charge in [-0.25, -0.2) is 4.79 Å².